The van der Waals surface area contributed by atoms with Gasteiger partial charge in [-0.2, -0.15) is 4.31 Å². The zero-order valence-electron chi connectivity index (χ0n) is 19.2. The Hall–Kier alpha value is -3.02. The van der Waals surface area contributed by atoms with Crippen LogP contribution in [0.4, 0.5) is 5.69 Å². The molecule has 0 radical (unpaired) electrons. The summed E-state index contributed by atoms with van der Waals surface area (Å²) in [7, 11) is 1.41. The van der Waals surface area contributed by atoms with Gasteiger partial charge in [0.05, 0.1) is 16.2 Å². The summed E-state index contributed by atoms with van der Waals surface area (Å²) in [6, 6.07) is 4.84. The number of carbonyl (C=O) groups is 2. The van der Waals surface area contributed by atoms with Crippen LogP contribution < -0.4 is 5.32 Å². The van der Waals surface area contributed by atoms with Gasteiger partial charge >= 0.3 is 0 Å². The predicted octanol–water partition coefficient (Wildman–Crippen LogP) is 1.24. The van der Waals surface area contributed by atoms with Gasteiger partial charge in [0.2, 0.25) is 10.0 Å². The van der Waals surface area contributed by atoms with E-state index in [1.807, 2.05) is 7.05 Å². The number of nitrogens with zero attached hydrogens (tertiary/aromatic N) is 4. The topological polar surface area (TPSA) is 119 Å². The molecule has 0 atom stereocenters. The van der Waals surface area contributed by atoms with Crippen LogP contribution in [-0.4, -0.2) is 91.6 Å². The summed E-state index contributed by atoms with van der Waals surface area (Å²) < 4.78 is 28.7. The number of imidazole rings is 1. The standard InChI is InChI=1S/C22H28N6O4S/c1-14-20(22(30)26(2)3)25-18(23-14)13-15-19-16(24-21(15)29)7-5-8-17(19)33(31,32)28-10-6-9-27(4)11-12-28/h5,7-8,13H,6,9-12H2,1-4H3,(H,23,25)(H,24,29)/b15-13-. The second-order valence-corrected chi connectivity index (χ2v) is 10.5. The first kappa shape index (κ1) is 23.1. The van der Waals surface area contributed by atoms with Crippen LogP contribution in [0.15, 0.2) is 23.1 Å². The predicted molar refractivity (Wildman–Crippen MR) is 125 cm³/mol. The van der Waals surface area contributed by atoms with Crippen LogP contribution in [0.2, 0.25) is 0 Å². The number of rotatable bonds is 4. The van der Waals surface area contributed by atoms with E-state index in [0.717, 1.165) is 13.0 Å². The zero-order chi connectivity index (χ0) is 23.9. The van der Waals surface area contributed by atoms with Crippen LogP contribution in [0.25, 0.3) is 11.6 Å². The molecule has 4 rings (SSSR count). The quantitative estimate of drug-likeness (QED) is 0.647. The molecule has 11 heteroatoms. The lowest BCUT2D eigenvalue weighted by atomic mass is 10.1. The van der Waals surface area contributed by atoms with Gasteiger partial charge in [0, 0.05) is 45.0 Å². The highest BCUT2D eigenvalue weighted by atomic mass is 32.2. The Morgan fingerprint density at radius 3 is 2.67 bits per heavy atom. The van der Waals surface area contributed by atoms with Crippen LogP contribution in [0.5, 0.6) is 0 Å². The summed E-state index contributed by atoms with van der Waals surface area (Å²) in [4.78, 5) is 36.1. The van der Waals surface area contributed by atoms with E-state index in [4.69, 9.17) is 0 Å². The van der Waals surface area contributed by atoms with Gasteiger partial charge in [-0.05, 0) is 45.1 Å². The molecular formula is C22H28N6O4S. The van der Waals surface area contributed by atoms with E-state index < -0.39 is 15.9 Å². The second-order valence-electron chi connectivity index (χ2n) is 8.55. The van der Waals surface area contributed by atoms with Crippen molar-refractivity contribution < 1.29 is 18.0 Å². The largest absolute Gasteiger partial charge is 0.343 e. The minimum absolute atomic E-state index is 0.0852. The number of aromatic amines is 1. The highest BCUT2D eigenvalue weighted by Gasteiger charge is 2.35. The van der Waals surface area contributed by atoms with E-state index in [1.165, 1.54) is 21.3 Å². The van der Waals surface area contributed by atoms with Gasteiger partial charge < -0.3 is 20.1 Å². The summed E-state index contributed by atoms with van der Waals surface area (Å²) in [5.74, 6) is -0.379. The monoisotopic (exact) mass is 472 g/mol. The number of fused-ring (bicyclic) bond motifs is 1. The maximum absolute atomic E-state index is 13.6. The molecule has 0 aliphatic carbocycles. The smallest absolute Gasteiger partial charge is 0.273 e. The average Bonchev–Trinajstić information content (AvgIpc) is 3.18. The number of nitrogens with one attached hydrogen (secondary N) is 2. The Kier molecular flexibility index (Phi) is 6.12. The summed E-state index contributed by atoms with van der Waals surface area (Å²) >= 11 is 0. The normalized spacial score (nSPS) is 18.8. The fourth-order valence-corrected chi connectivity index (χ4v) is 5.78. The SMILES string of the molecule is Cc1[nH]c(/C=C2\C(=O)Nc3cccc(S(=O)(=O)N4CCCN(C)CC4)c32)nc1C(=O)N(C)C. The molecule has 2 N–H and O–H groups in total. The summed E-state index contributed by atoms with van der Waals surface area (Å²) in [5.41, 5.74) is 1.77. The fraction of sp³-hybridized carbons (Fsp3) is 0.409. The highest BCUT2D eigenvalue weighted by molar-refractivity contribution is 7.89. The van der Waals surface area contributed by atoms with Gasteiger partial charge in [0.25, 0.3) is 11.8 Å². The van der Waals surface area contributed by atoms with Gasteiger partial charge in [-0.25, -0.2) is 13.4 Å². The minimum atomic E-state index is -3.83. The third-order valence-corrected chi connectivity index (χ3v) is 7.82. The van der Waals surface area contributed by atoms with Gasteiger partial charge in [-0.15, -0.1) is 0 Å². The molecule has 2 aliphatic rings. The van der Waals surface area contributed by atoms with Crippen molar-refractivity contribution in [2.24, 2.45) is 0 Å². The van der Waals surface area contributed by atoms with Crippen LogP contribution >= 0.6 is 0 Å². The molecule has 0 spiro atoms. The molecule has 10 nitrogen and oxygen atoms in total. The second kappa shape index (κ2) is 8.73. The van der Waals surface area contributed by atoms with Crippen molar-refractivity contribution in [2.75, 3.05) is 52.6 Å². The van der Waals surface area contributed by atoms with E-state index in [-0.39, 0.29) is 22.1 Å². The Labute approximate surface area is 193 Å². The molecule has 0 unspecified atom stereocenters. The van der Waals surface area contributed by atoms with E-state index in [1.54, 1.807) is 33.2 Å². The number of sulfonamides is 1. The maximum atomic E-state index is 13.6. The van der Waals surface area contributed by atoms with E-state index >= 15 is 0 Å². The van der Waals surface area contributed by atoms with Crippen LogP contribution in [0.3, 0.4) is 0 Å². The zero-order valence-corrected chi connectivity index (χ0v) is 20.0. The van der Waals surface area contributed by atoms with Crippen molar-refractivity contribution in [2.45, 2.75) is 18.2 Å². The number of hydrogen-bond donors (Lipinski definition) is 2. The first-order valence-electron chi connectivity index (χ1n) is 10.7. The van der Waals surface area contributed by atoms with E-state index in [9.17, 15) is 18.0 Å². The Balaban J connectivity index is 1.78. The molecule has 1 aromatic heterocycles. The Morgan fingerprint density at radius 1 is 1.18 bits per heavy atom. The Bertz CT molecular complexity index is 1250. The molecule has 33 heavy (non-hydrogen) atoms. The Morgan fingerprint density at radius 2 is 1.94 bits per heavy atom. The van der Waals surface area contributed by atoms with Gasteiger partial charge in [0.15, 0.2) is 0 Å². The van der Waals surface area contributed by atoms with Gasteiger partial charge in [-0.1, -0.05) is 6.07 Å². The first-order valence-corrected chi connectivity index (χ1v) is 12.2. The summed E-state index contributed by atoms with van der Waals surface area (Å²) in [6.45, 7) is 4.00. The van der Waals surface area contributed by atoms with Crippen molar-refractivity contribution >= 4 is 39.2 Å². The molecule has 2 amide bonds. The number of amides is 2. The van der Waals surface area contributed by atoms with Gasteiger partial charge in [-0.3, -0.25) is 9.59 Å². The molecule has 176 valence electrons. The number of anilines is 1. The molecule has 1 aromatic carbocycles. The van der Waals surface area contributed by atoms with Crippen LogP contribution in [0.1, 0.15) is 34.0 Å². The number of likely N-dealkylation sites (N-methyl/N-ethyl adjacent to an activating group) is 1. The highest BCUT2D eigenvalue weighted by Crippen LogP contribution is 2.38. The number of hydrogen-bond acceptors (Lipinski definition) is 6. The molecule has 2 aromatic rings. The minimum Gasteiger partial charge on any atom is -0.343 e. The number of aromatic nitrogens is 2. The van der Waals surface area contributed by atoms with Crippen molar-refractivity contribution in [3.63, 3.8) is 0 Å². The molecule has 0 saturated carbocycles. The lowest BCUT2D eigenvalue weighted by Gasteiger charge is -2.21. The number of aryl methyl sites for hydroxylation is 1. The number of benzene rings is 1. The molecule has 0 bridgehead atoms. The average molecular weight is 473 g/mol. The molecule has 1 fully saturated rings. The number of H-pyrrole nitrogens is 1. The molecule has 1 saturated heterocycles. The van der Waals surface area contributed by atoms with Crippen LogP contribution in [0, 0.1) is 6.92 Å². The summed E-state index contributed by atoms with van der Waals surface area (Å²) in [6.07, 6.45) is 2.23. The van der Waals surface area contributed by atoms with Crippen molar-refractivity contribution in [3.8, 4) is 0 Å². The van der Waals surface area contributed by atoms with Crippen LogP contribution in [-0.2, 0) is 14.8 Å². The summed E-state index contributed by atoms with van der Waals surface area (Å²) in [5, 5.41) is 2.75. The van der Waals surface area contributed by atoms with E-state index in [2.05, 4.69) is 20.2 Å². The maximum Gasteiger partial charge on any atom is 0.273 e. The molecular weight excluding hydrogens is 444 g/mol. The van der Waals surface area contributed by atoms with Crippen molar-refractivity contribution in [3.05, 3.63) is 41.0 Å². The third-order valence-electron chi connectivity index (χ3n) is 5.88. The third kappa shape index (κ3) is 4.31. The van der Waals surface area contributed by atoms with E-state index in [0.29, 0.717) is 42.4 Å². The fourth-order valence-electron chi connectivity index (χ4n) is 4.08. The van der Waals surface area contributed by atoms with Crippen molar-refractivity contribution in [1.82, 2.24) is 24.1 Å². The molecule has 2 aliphatic heterocycles. The lowest BCUT2D eigenvalue weighted by Crippen LogP contribution is -2.34. The molecule has 3 heterocycles. The number of carbonyl (C=O) groups excluding carboxylic acids is 2. The lowest BCUT2D eigenvalue weighted by molar-refractivity contribution is -0.110. The van der Waals surface area contributed by atoms with Gasteiger partial charge in [0.1, 0.15) is 11.5 Å². The first-order chi connectivity index (χ1) is 15.6. The van der Waals surface area contributed by atoms with Crippen molar-refractivity contribution in [1.29, 1.82) is 0 Å².